The monoisotopic (exact) mass is 865 g/mol. The molecule has 0 spiro atoms. The van der Waals surface area contributed by atoms with Crippen LogP contribution in [0.1, 0.15) is 62.1 Å². The standard InChI is InChI=1S/C64H55NSi/c1-64(2)61-30-18-17-29-57(61)59-43-60(56-28-16-15-27-55(56)46-19-7-3-8-20-46)63(44-62(59)64)65(49-35-33-47(34-36-49)58-42-45-31-32-48(58)41-45)50-37-39-54(40-38-50)66(51-21-9-4-10-22-51,52-23-11-5-12-24-52)53-25-13-6-14-26-53/h3-30,33-40,43-45,48,58H,31-32,41-42H2,1-2H3. The topological polar surface area (TPSA) is 3.24 Å². The van der Waals surface area contributed by atoms with Gasteiger partial charge in [0.2, 0.25) is 0 Å². The highest BCUT2D eigenvalue weighted by Crippen LogP contribution is 2.55. The van der Waals surface area contributed by atoms with E-state index in [1.165, 1.54) is 108 Å². The molecule has 1 nitrogen and oxygen atoms in total. The summed E-state index contributed by atoms with van der Waals surface area (Å²) in [6.45, 7) is 4.81. The van der Waals surface area contributed by atoms with E-state index in [1.54, 1.807) is 0 Å². The Morgan fingerprint density at radius 2 is 0.909 bits per heavy atom. The van der Waals surface area contributed by atoms with E-state index in [0.717, 1.165) is 17.5 Å². The summed E-state index contributed by atoms with van der Waals surface area (Å²) in [6.07, 6.45) is 5.54. The predicted molar refractivity (Wildman–Crippen MR) is 281 cm³/mol. The molecule has 9 aromatic rings. The lowest BCUT2D eigenvalue weighted by Crippen LogP contribution is -2.74. The Kier molecular flexibility index (Phi) is 10.1. The summed E-state index contributed by atoms with van der Waals surface area (Å²) in [5.74, 6) is 2.40. The second-order valence-corrected chi connectivity index (χ2v) is 23.4. The Morgan fingerprint density at radius 1 is 0.409 bits per heavy atom. The van der Waals surface area contributed by atoms with Gasteiger partial charge in [-0.1, -0.05) is 214 Å². The molecule has 0 saturated heterocycles. The first-order valence-electron chi connectivity index (χ1n) is 24.1. The number of anilines is 3. The summed E-state index contributed by atoms with van der Waals surface area (Å²) in [5, 5.41) is 5.50. The van der Waals surface area contributed by atoms with Crippen molar-refractivity contribution in [1.82, 2.24) is 0 Å². The lowest BCUT2D eigenvalue weighted by Gasteiger charge is -2.35. The fourth-order valence-corrected chi connectivity index (χ4v) is 17.3. The molecule has 0 amide bonds. The molecule has 3 aliphatic carbocycles. The van der Waals surface area contributed by atoms with Crippen molar-refractivity contribution in [2.75, 3.05) is 4.90 Å². The number of benzene rings is 9. The average Bonchev–Trinajstić information content (AvgIpc) is 4.09. The van der Waals surface area contributed by atoms with Crippen LogP contribution in [0.4, 0.5) is 17.1 Å². The molecule has 2 saturated carbocycles. The number of fused-ring (bicyclic) bond motifs is 5. The zero-order chi connectivity index (χ0) is 44.2. The maximum Gasteiger partial charge on any atom is 0.179 e. The first-order valence-corrected chi connectivity index (χ1v) is 26.1. The Labute approximate surface area is 392 Å². The van der Waals surface area contributed by atoms with Gasteiger partial charge in [0.15, 0.2) is 8.07 Å². The van der Waals surface area contributed by atoms with Crippen LogP contribution in [0.15, 0.2) is 231 Å². The van der Waals surface area contributed by atoms with Crippen LogP contribution in [-0.4, -0.2) is 8.07 Å². The molecular weight excluding hydrogens is 811 g/mol. The lowest BCUT2D eigenvalue weighted by atomic mass is 9.81. The molecule has 2 fully saturated rings. The van der Waals surface area contributed by atoms with Crippen molar-refractivity contribution < 1.29 is 0 Å². The SMILES string of the molecule is CC1(C)c2ccccc2-c2cc(-c3ccccc3-c3ccccc3)c(N(c3ccc(C4CC5CCC4C5)cc3)c3ccc([Si](c4ccccc4)(c4ccccc4)c4ccccc4)cc3)cc21. The van der Waals surface area contributed by atoms with Gasteiger partial charge in [-0.3, -0.25) is 0 Å². The van der Waals surface area contributed by atoms with Crippen LogP contribution < -0.4 is 25.6 Å². The summed E-state index contributed by atoms with van der Waals surface area (Å²) >= 11 is 0. The van der Waals surface area contributed by atoms with Crippen molar-refractivity contribution in [3.63, 3.8) is 0 Å². The molecule has 0 radical (unpaired) electrons. The summed E-state index contributed by atoms with van der Waals surface area (Å²) in [6, 6.07) is 87.4. The van der Waals surface area contributed by atoms with Crippen molar-refractivity contribution in [3.8, 4) is 33.4 Å². The molecular formula is C64H55NSi. The van der Waals surface area contributed by atoms with E-state index in [9.17, 15) is 0 Å². The average molecular weight is 866 g/mol. The van der Waals surface area contributed by atoms with Gasteiger partial charge in [0.25, 0.3) is 0 Å². The normalized spacial score (nSPS) is 17.9. The maximum atomic E-state index is 2.57. The highest BCUT2D eigenvalue weighted by molar-refractivity contribution is 7.19. The predicted octanol–water partition coefficient (Wildman–Crippen LogP) is 14.1. The molecule has 3 atom stereocenters. The Hall–Kier alpha value is -7.00. The van der Waals surface area contributed by atoms with Gasteiger partial charge in [-0.05, 0) is 139 Å². The number of nitrogens with zero attached hydrogens (tertiary/aromatic N) is 1. The maximum absolute atomic E-state index is 2.74. The first-order chi connectivity index (χ1) is 32.5. The van der Waals surface area contributed by atoms with Gasteiger partial charge < -0.3 is 4.90 Å². The second kappa shape index (κ2) is 16.5. The molecule has 9 aromatic carbocycles. The Morgan fingerprint density at radius 3 is 1.47 bits per heavy atom. The van der Waals surface area contributed by atoms with Crippen molar-refractivity contribution >= 4 is 45.9 Å². The number of hydrogen-bond donors (Lipinski definition) is 0. The fraction of sp³-hybridized carbons (Fsp3) is 0.156. The minimum Gasteiger partial charge on any atom is -0.310 e. The third-order valence-electron chi connectivity index (χ3n) is 15.7. The molecule has 12 rings (SSSR count). The van der Waals surface area contributed by atoms with E-state index in [1.807, 2.05) is 0 Å². The van der Waals surface area contributed by atoms with Crippen molar-refractivity contribution in [1.29, 1.82) is 0 Å². The first kappa shape index (κ1) is 40.5. The zero-order valence-electron chi connectivity index (χ0n) is 37.9. The van der Waals surface area contributed by atoms with E-state index in [2.05, 4.69) is 249 Å². The second-order valence-electron chi connectivity index (χ2n) is 19.6. The van der Waals surface area contributed by atoms with Crippen LogP contribution in [0.3, 0.4) is 0 Å². The molecule has 2 heteroatoms. The smallest absolute Gasteiger partial charge is 0.179 e. The van der Waals surface area contributed by atoms with Crippen LogP contribution in [0.25, 0.3) is 33.4 Å². The van der Waals surface area contributed by atoms with Gasteiger partial charge in [-0.25, -0.2) is 0 Å². The van der Waals surface area contributed by atoms with Gasteiger partial charge in [-0.15, -0.1) is 0 Å². The fourth-order valence-electron chi connectivity index (χ4n) is 12.6. The summed E-state index contributed by atoms with van der Waals surface area (Å²) in [4.78, 5) is 2.57. The highest BCUT2D eigenvalue weighted by atomic mass is 28.3. The van der Waals surface area contributed by atoms with E-state index < -0.39 is 8.07 Å². The molecule has 66 heavy (non-hydrogen) atoms. The quantitative estimate of drug-likeness (QED) is 0.0978. The van der Waals surface area contributed by atoms with Crippen LogP contribution in [-0.2, 0) is 5.41 Å². The molecule has 3 aliphatic rings. The molecule has 320 valence electrons. The molecule has 0 aliphatic heterocycles. The highest BCUT2D eigenvalue weighted by Gasteiger charge is 2.43. The van der Waals surface area contributed by atoms with Crippen molar-refractivity contribution in [2.24, 2.45) is 11.8 Å². The molecule has 0 heterocycles. The van der Waals surface area contributed by atoms with Gasteiger partial charge in [0.05, 0.1) is 5.69 Å². The third-order valence-corrected chi connectivity index (χ3v) is 20.5. The summed E-state index contributed by atoms with van der Waals surface area (Å²) in [7, 11) is -2.74. The van der Waals surface area contributed by atoms with Crippen molar-refractivity contribution in [3.05, 3.63) is 247 Å². The molecule has 0 N–H and O–H groups in total. The largest absolute Gasteiger partial charge is 0.310 e. The van der Waals surface area contributed by atoms with Crippen molar-refractivity contribution in [2.45, 2.75) is 50.9 Å². The van der Waals surface area contributed by atoms with E-state index in [0.29, 0.717) is 5.92 Å². The number of hydrogen-bond acceptors (Lipinski definition) is 1. The van der Waals surface area contributed by atoms with E-state index in [-0.39, 0.29) is 5.41 Å². The van der Waals surface area contributed by atoms with Crippen LogP contribution in [0, 0.1) is 11.8 Å². The molecule has 3 unspecified atom stereocenters. The molecule has 0 aromatic heterocycles. The Bertz CT molecular complexity index is 3060. The zero-order valence-corrected chi connectivity index (χ0v) is 38.9. The lowest BCUT2D eigenvalue weighted by molar-refractivity contribution is 0.420. The van der Waals surface area contributed by atoms with Gasteiger partial charge in [-0.2, -0.15) is 0 Å². The molecule has 2 bridgehead atoms. The minimum absolute atomic E-state index is 0.175. The summed E-state index contributed by atoms with van der Waals surface area (Å²) < 4.78 is 0. The minimum atomic E-state index is -2.74. The van der Waals surface area contributed by atoms with Gasteiger partial charge >= 0.3 is 0 Å². The Balaban J connectivity index is 1.10. The van der Waals surface area contributed by atoms with Gasteiger partial charge in [0, 0.05) is 22.4 Å². The van der Waals surface area contributed by atoms with Crippen LogP contribution >= 0.6 is 0 Å². The van der Waals surface area contributed by atoms with E-state index in [4.69, 9.17) is 0 Å². The van der Waals surface area contributed by atoms with E-state index >= 15 is 0 Å². The van der Waals surface area contributed by atoms with Crippen LogP contribution in [0.5, 0.6) is 0 Å². The van der Waals surface area contributed by atoms with Crippen LogP contribution in [0.2, 0.25) is 0 Å². The number of rotatable bonds is 10. The van der Waals surface area contributed by atoms with Gasteiger partial charge in [0.1, 0.15) is 0 Å². The third kappa shape index (κ3) is 6.65. The summed E-state index contributed by atoms with van der Waals surface area (Å²) in [5.41, 5.74) is 15.2.